The summed E-state index contributed by atoms with van der Waals surface area (Å²) in [6.45, 7) is 3.30. The van der Waals surface area contributed by atoms with E-state index < -0.39 is 0 Å². The number of carbonyl (C=O) groups is 2. The minimum Gasteiger partial charge on any atom is -0.337 e. The number of hydrogen-bond donors (Lipinski definition) is 1. The fourth-order valence-electron chi connectivity index (χ4n) is 3.35. The molecule has 1 N–H and O–H groups in total. The second-order valence-electron chi connectivity index (χ2n) is 6.61. The molecule has 3 aromatic rings. The number of anilines is 1. The Kier molecular flexibility index (Phi) is 4.58. The summed E-state index contributed by atoms with van der Waals surface area (Å²) >= 11 is 6.13. The Labute approximate surface area is 161 Å². The number of hydrogen-bond acceptors (Lipinski definition) is 3. The van der Waals surface area contributed by atoms with Gasteiger partial charge in [0.05, 0.1) is 5.52 Å². The quantitative estimate of drug-likeness (QED) is 0.749. The predicted molar refractivity (Wildman–Crippen MR) is 104 cm³/mol. The molecule has 0 bridgehead atoms. The Morgan fingerprint density at radius 1 is 1.11 bits per heavy atom. The van der Waals surface area contributed by atoms with Crippen LogP contribution in [-0.2, 0) is 0 Å². The summed E-state index contributed by atoms with van der Waals surface area (Å²) in [4.78, 5) is 31.9. The predicted octanol–water partition coefficient (Wildman–Crippen LogP) is 3.78. The van der Waals surface area contributed by atoms with Gasteiger partial charge in [0.1, 0.15) is 0 Å². The van der Waals surface area contributed by atoms with Crippen molar-refractivity contribution in [3.05, 3.63) is 64.7 Å². The largest absolute Gasteiger partial charge is 0.337 e. The molecule has 0 spiro atoms. The molecular weight excluding hydrogens is 364 g/mol. The van der Waals surface area contributed by atoms with Gasteiger partial charge in [-0.05, 0) is 49.6 Å². The summed E-state index contributed by atoms with van der Waals surface area (Å²) in [7, 11) is 0. The van der Waals surface area contributed by atoms with E-state index in [1.54, 1.807) is 45.8 Å². The van der Waals surface area contributed by atoms with Gasteiger partial charge >= 0.3 is 0 Å². The van der Waals surface area contributed by atoms with Crippen LogP contribution in [0.2, 0.25) is 5.02 Å². The van der Waals surface area contributed by atoms with E-state index in [1.807, 2.05) is 13.0 Å². The molecular formula is C20H19ClN4O2. The van der Waals surface area contributed by atoms with Crippen LogP contribution in [0, 0.1) is 6.92 Å². The molecule has 138 valence electrons. The normalized spacial score (nSPS) is 13.9. The monoisotopic (exact) mass is 382 g/mol. The van der Waals surface area contributed by atoms with Crippen molar-refractivity contribution in [2.75, 3.05) is 18.4 Å². The maximum atomic E-state index is 12.9. The van der Waals surface area contributed by atoms with Gasteiger partial charge in [-0.1, -0.05) is 23.7 Å². The summed E-state index contributed by atoms with van der Waals surface area (Å²) in [5.41, 5.74) is 2.34. The van der Waals surface area contributed by atoms with Crippen molar-refractivity contribution < 1.29 is 9.59 Å². The molecule has 0 atom stereocenters. The van der Waals surface area contributed by atoms with Gasteiger partial charge in [0.25, 0.3) is 11.8 Å². The van der Waals surface area contributed by atoms with Crippen molar-refractivity contribution in [3.8, 4) is 0 Å². The van der Waals surface area contributed by atoms with Crippen LogP contribution in [0.1, 0.15) is 39.5 Å². The van der Waals surface area contributed by atoms with E-state index >= 15 is 0 Å². The highest BCUT2D eigenvalue weighted by Gasteiger charge is 2.26. The topological polar surface area (TPSA) is 66.7 Å². The van der Waals surface area contributed by atoms with E-state index in [4.69, 9.17) is 11.6 Å². The van der Waals surface area contributed by atoms with E-state index in [0.717, 1.165) is 31.5 Å². The third-order valence-electron chi connectivity index (χ3n) is 4.86. The first-order valence-electron chi connectivity index (χ1n) is 8.89. The number of pyridine rings is 1. The van der Waals surface area contributed by atoms with E-state index in [2.05, 4.69) is 10.3 Å². The van der Waals surface area contributed by atoms with Crippen LogP contribution < -0.4 is 5.32 Å². The van der Waals surface area contributed by atoms with Gasteiger partial charge in [0.2, 0.25) is 5.82 Å². The molecule has 27 heavy (non-hydrogen) atoms. The molecule has 7 heteroatoms. The molecule has 0 saturated carbocycles. The van der Waals surface area contributed by atoms with Crippen LogP contribution in [0.25, 0.3) is 5.52 Å². The van der Waals surface area contributed by atoms with Crippen LogP contribution >= 0.6 is 11.6 Å². The average Bonchev–Trinajstić information content (AvgIpc) is 3.33. The van der Waals surface area contributed by atoms with Crippen molar-refractivity contribution in [2.45, 2.75) is 19.8 Å². The summed E-state index contributed by atoms with van der Waals surface area (Å²) in [6, 6.07) is 10.8. The lowest BCUT2D eigenvalue weighted by Crippen LogP contribution is -2.28. The first-order valence-corrected chi connectivity index (χ1v) is 9.27. The number of nitrogens with zero attached hydrogens (tertiary/aromatic N) is 3. The zero-order chi connectivity index (χ0) is 19.0. The maximum Gasteiger partial charge on any atom is 0.292 e. The lowest BCUT2D eigenvalue weighted by molar-refractivity contribution is 0.0789. The first kappa shape index (κ1) is 17.5. The highest BCUT2D eigenvalue weighted by molar-refractivity contribution is 6.31. The molecule has 0 radical (unpaired) electrons. The molecule has 0 aliphatic carbocycles. The van der Waals surface area contributed by atoms with Gasteiger partial charge in [-0.15, -0.1) is 0 Å². The number of amides is 2. The van der Waals surface area contributed by atoms with Crippen molar-refractivity contribution in [1.82, 2.24) is 14.3 Å². The number of carbonyl (C=O) groups excluding carboxylic acids is 2. The van der Waals surface area contributed by atoms with Crippen molar-refractivity contribution in [1.29, 1.82) is 0 Å². The summed E-state index contributed by atoms with van der Waals surface area (Å²) in [5.74, 6) is -0.344. The number of nitrogens with one attached hydrogen (secondary N) is 1. The Morgan fingerprint density at radius 2 is 1.89 bits per heavy atom. The highest BCUT2D eigenvalue weighted by Crippen LogP contribution is 2.24. The van der Waals surface area contributed by atoms with E-state index in [9.17, 15) is 9.59 Å². The number of rotatable bonds is 3. The third-order valence-corrected chi connectivity index (χ3v) is 5.27. The van der Waals surface area contributed by atoms with E-state index in [1.165, 1.54) is 0 Å². The van der Waals surface area contributed by atoms with Crippen LogP contribution in [0.15, 0.2) is 42.6 Å². The van der Waals surface area contributed by atoms with E-state index in [-0.39, 0.29) is 17.6 Å². The second-order valence-corrected chi connectivity index (χ2v) is 7.01. The summed E-state index contributed by atoms with van der Waals surface area (Å²) < 4.78 is 1.65. The summed E-state index contributed by atoms with van der Waals surface area (Å²) in [6.07, 6.45) is 3.74. The standard InChI is InChI=1S/C20H19ClN4O2/c1-13-14(21)7-6-8-15(13)22-19(26)18-23-17(16-9-2-3-12-25(16)18)20(27)24-10-4-5-11-24/h2-3,6-9,12H,4-5,10-11H2,1H3,(H,22,26). The highest BCUT2D eigenvalue weighted by atomic mass is 35.5. The molecule has 4 rings (SSSR count). The van der Waals surface area contributed by atoms with Crippen LogP contribution in [0.4, 0.5) is 5.69 Å². The Hall–Kier alpha value is -2.86. The molecule has 1 aliphatic rings. The van der Waals surface area contributed by atoms with Gasteiger partial charge in [-0.2, -0.15) is 0 Å². The molecule has 2 aromatic heterocycles. The number of fused-ring (bicyclic) bond motifs is 1. The maximum absolute atomic E-state index is 12.9. The molecule has 3 heterocycles. The number of halogens is 1. The fraction of sp³-hybridized carbons (Fsp3) is 0.250. The number of likely N-dealkylation sites (tertiary alicyclic amines) is 1. The number of aromatic nitrogens is 2. The minimum absolute atomic E-state index is 0.130. The van der Waals surface area contributed by atoms with E-state index in [0.29, 0.717) is 21.9 Å². The van der Waals surface area contributed by atoms with Gasteiger partial charge in [-0.3, -0.25) is 14.0 Å². The fourth-order valence-corrected chi connectivity index (χ4v) is 3.52. The number of benzene rings is 1. The van der Waals surface area contributed by atoms with Crippen molar-refractivity contribution in [2.24, 2.45) is 0 Å². The molecule has 1 saturated heterocycles. The Bertz CT molecular complexity index is 1040. The van der Waals surface area contributed by atoms with Gasteiger partial charge in [0.15, 0.2) is 5.69 Å². The van der Waals surface area contributed by atoms with Crippen molar-refractivity contribution in [3.63, 3.8) is 0 Å². The molecule has 1 aliphatic heterocycles. The average molecular weight is 383 g/mol. The second kappa shape index (κ2) is 7.04. The molecule has 0 unspecified atom stereocenters. The smallest absolute Gasteiger partial charge is 0.292 e. The molecule has 2 amide bonds. The molecule has 1 fully saturated rings. The van der Waals surface area contributed by atoms with Gasteiger partial charge in [0, 0.05) is 30.0 Å². The Balaban J connectivity index is 1.72. The van der Waals surface area contributed by atoms with Crippen LogP contribution in [-0.4, -0.2) is 39.2 Å². The van der Waals surface area contributed by atoms with Gasteiger partial charge in [-0.25, -0.2) is 4.98 Å². The lowest BCUT2D eigenvalue weighted by atomic mass is 10.2. The lowest BCUT2D eigenvalue weighted by Gasteiger charge is -2.13. The molecule has 6 nitrogen and oxygen atoms in total. The SMILES string of the molecule is Cc1c(Cl)cccc1NC(=O)c1nc(C(=O)N2CCCC2)c2ccccn12. The first-order chi connectivity index (χ1) is 13.1. The zero-order valence-corrected chi connectivity index (χ0v) is 15.7. The number of imidazole rings is 1. The molecule has 1 aromatic carbocycles. The third kappa shape index (κ3) is 3.17. The van der Waals surface area contributed by atoms with Crippen LogP contribution in [0.5, 0.6) is 0 Å². The summed E-state index contributed by atoms with van der Waals surface area (Å²) in [5, 5.41) is 3.42. The minimum atomic E-state index is -0.387. The van der Waals surface area contributed by atoms with Crippen LogP contribution in [0.3, 0.4) is 0 Å². The van der Waals surface area contributed by atoms with Crippen molar-refractivity contribution >= 4 is 34.6 Å². The van der Waals surface area contributed by atoms with Gasteiger partial charge < -0.3 is 10.2 Å². The Morgan fingerprint density at radius 3 is 2.67 bits per heavy atom. The zero-order valence-electron chi connectivity index (χ0n) is 14.9.